The van der Waals surface area contributed by atoms with Crippen LogP contribution in [0, 0.1) is 0 Å². The van der Waals surface area contributed by atoms with E-state index in [0.29, 0.717) is 10.8 Å². The summed E-state index contributed by atoms with van der Waals surface area (Å²) in [5, 5.41) is 1.77. The van der Waals surface area contributed by atoms with E-state index in [2.05, 4.69) is 4.98 Å². The van der Waals surface area contributed by atoms with Gasteiger partial charge in [0, 0.05) is 37.7 Å². The Hall–Kier alpha value is -1.71. The Morgan fingerprint density at radius 2 is 2.00 bits per heavy atom. The minimum absolute atomic E-state index is 0.00294. The molecule has 2 aromatic carbocycles. The average molecular weight is 300 g/mol. The van der Waals surface area contributed by atoms with E-state index in [9.17, 15) is 4.79 Å². The number of nitrogens with one attached hydrogen (secondary N) is 1. The van der Waals surface area contributed by atoms with Gasteiger partial charge < -0.3 is 4.98 Å². The molecule has 1 aliphatic rings. The highest BCUT2D eigenvalue weighted by atomic mass is 35.5. The Labute approximate surface area is 124 Å². The zero-order chi connectivity index (χ0) is 13.7. The summed E-state index contributed by atoms with van der Waals surface area (Å²) in [7, 11) is 0. The van der Waals surface area contributed by atoms with Crippen molar-refractivity contribution in [2.24, 2.45) is 0 Å². The molecule has 0 unspecified atom stereocenters. The standard InChI is InChI=1S/C16H10ClNOS/c17-9-5-6-14-11(7-9)15-10-3-1-2-4-13(10)18-16(19)12(15)8-20-14/h1-7H,8H2,(H,18,19). The van der Waals surface area contributed by atoms with E-state index in [1.165, 1.54) is 4.90 Å². The van der Waals surface area contributed by atoms with Crippen LogP contribution in [0.5, 0.6) is 0 Å². The van der Waals surface area contributed by atoms with Crippen LogP contribution in [0.25, 0.3) is 22.0 Å². The van der Waals surface area contributed by atoms with Gasteiger partial charge in [0.2, 0.25) is 0 Å². The van der Waals surface area contributed by atoms with Crippen LogP contribution >= 0.6 is 23.4 Å². The smallest absolute Gasteiger partial charge is 0.253 e. The Morgan fingerprint density at radius 3 is 2.90 bits per heavy atom. The number of pyridine rings is 1. The van der Waals surface area contributed by atoms with Gasteiger partial charge in [-0.2, -0.15) is 0 Å². The van der Waals surface area contributed by atoms with Gasteiger partial charge in [-0.15, -0.1) is 11.8 Å². The van der Waals surface area contributed by atoms with Crippen molar-refractivity contribution in [3.8, 4) is 11.1 Å². The van der Waals surface area contributed by atoms with Crippen molar-refractivity contribution in [1.29, 1.82) is 0 Å². The second-order valence-corrected chi connectivity index (χ2v) is 6.24. The summed E-state index contributed by atoms with van der Waals surface area (Å²) in [5.41, 5.74) is 3.79. The van der Waals surface area contributed by atoms with E-state index in [4.69, 9.17) is 11.6 Å². The number of aromatic amines is 1. The number of benzene rings is 2. The topological polar surface area (TPSA) is 32.9 Å². The van der Waals surface area contributed by atoms with Gasteiger partial charge in [0.05, 0.1) is 0 Å². The van der Waals surface area contributed by atoms with Crippen molar-refractivity contribution in [3.05, 3.63) is 63.4 Å². The first kappa shape index (κ1) is 12.1. The maximum absolute atomic E-state index is 12.3. The van der Waals surface area contributed by atoms with Gasteiger partial charge in [-0.25, -0.2) is 0 Å². The SMILES string of the molecule is O=c1[nH]c2ccccc2c2c1CSc1ccc(Cl)cc1-2. The minimum Gasteiger partial charge on any atom is -0.322 e. The number of hydrogen-bond donors (Lipinski definition) is 1. The summed E-state index contributed by atoms with van der Waals surface area (Å²) in [6, 6.07) is 13.8. The van der Waals surface area contributed by atoms with Crippen LogP contribution in [-0.2, 0) is 5.75 Å². The second-order valence-electron chi connectivity index (χ2n) is 4.78. The Bertz CT molecular complexity index is 901. The van der Waals surface area contributed by atoms with Crippen LogP contribution in [0.3, 0.4) is 0 Å². The van der Waals surface area contributed by atoms with Crippen molar-refractivity contribution >= 4 is 34.3 Å². The lowest BCUT2D eigenvalue weighted by Gasteiger charge is -2.20. The maximum atomic E-state index is 12.3. The third kappa shape index (κ3) is 1.70. The molecule has 0 bridgehead atoms. The summed E-state index contributed by atoms with van der Waals surface area (Å²) in [6.07, 6.45) is 0. The average Bonchev–Trinajstić information content (AvgIpc) is 2.46. The maximum Gasteiger partial charge on any atom is 0.253 e. The lowest BCUT2D eigenvalue weighted by atomic mass is 9.96. The van der Waals surface area contributed by atoms with Crippen LogP contribution in [0.15, 0.2) is 52.2 Å². The molecule has 1 N–H and O–H groups in total. The molecule has 2 heterocycles. The van der Waals surface area contributed by atoms with Crippen LogP contribution in [-0.4, -0.2) is 4.98 Å². The Balaban J connectivity index is 2.20. The molecule has 20 heavy (non-hydrogen) atoms. The van der Waals surface area contributed by atoms with Crippen LogP contribution < -0.4 is 5.56 Å². The largest absolute Gasteiger partial charge is 0.322 e. The van der Waals surface area contributed by atoms with Gasteiger partial charge >= 0.3 is 0 Å². The summed E-state index contributed by atoms with van der Waals surface area (Å²) >= 11 is 7.82. The first-order valence-corrected chi connectivity index (χ1v) is 7.67. The van der Waals surface area contributed by atoms with Gasteiger partial charge in [0.25, 0.3) is 5.56 Å². The fraction of sp³-hybridized carbons (Fsp3) is 0.0625. The van der Waals surface area contributed by atoms with Gasteiger partial charge in [0.1, 0.15) is 0 Å². The zero-order valence-corrected chi connectivity index (χ0v) is 12.0. The van der Waals surface area contributed by atoms with E-state index < -0.39 is 0 Å². The van der Waals surface area contributed by atoms with Crippen molar-refractivity contribution in [2.75, 3.05) is 0 Å². The number of aromatic nitrogens is 1. The Morgan fingerprint density at radius 1 is 1.15 bits per heavy atom. The highest BCUT2D eigenvalue weighted by Gasteiger charge is 2.22. The molecule has 2 nitrogen and oxygen atoms in total. The number of fused-ring (bicyclic) bond motifs is 5. The van der Waals surface area contributed by atoms with Gasteiger partial charge in [-0.1, -0.05) is 29.8 Å². The molecule has 3 aromatic rings. The van der Waals surface area contributed by atoms with E-state index in [1.54, 1.807) is 11.8 Å². The fourth-order valence-corrected chi connectivity index (χ4v) is 3.93. The Kier molecular flexibility index (Phi) is 2.65. The lowest BCUT2D eigenvalue weighted by Crippen LogP contribution is -2.15. The number of rotatable bonds is 0. The molecule has 0 radical (unpaired) electrons. The third-order valence-corrected chi connectivity index (χ3v) is 4.94. The summed E-state index contributed by atoms with van der Waals surface area (Å²) in [6.45, 7) is 0. The second kappa shape index (κ2) is 4.40. The first-order chi connectivity index (χ1) is 9.74. The number of para-hydroxylation sites is 1. The molecule has 0 saturated heterocycles. The molecular weight excluding hydrogens is 290 g/mol. The van der Waals surface area contributed by atoms with Crippen LogP contribution in [0.1, 0.15) is 5.56 Å². The molecule has 0 aliphatic carbocycles. The molecule has 1 aliphatic heterocycles. The first-order valence-electron chi connectivity index (χ1n) is 6.30. The van der Waals surface area contributed by atoms with Crippen molar-refractivity contribution in [3.63, 3.8) is 0 Å². The van der Waals surface area contributed by atoms with E-state index in [1.807, 2.05) is 42.5 Å². The molecule has 0 atom stereocenters. The third-order valence-electron chi connectivity index (χ3n) is 3.60. The van der Waals surface area contributed by atoms with Crippen molar-refractivity contribution < 1.29 is 0 Å². The molecule has 0 spiro atoms. The molecule has 4 rings (SSSR count). The van der Waals surface area contributed by atoms with Crippen molar-refractivity contribution in [1.82, 2.24) is 4.98 Å². The summed E-state index contributed by atoms with van der Waals surface area (Å²) in [4.78, 5) is 16.4. The van der Waals surface area contributed by atoms with E-state index in [-0.39, 0.29) is 5.56 Å². The lowest BCUT2D eigenvalue weighted by molar-refractivity contribution is 1.20. The molecule has 98 valence electrons. The van der Waals surface area contributed by atoms with Gasteiger partial charge in [-0.05, 0) is 29.8 Å². The summed E-state index contributed by atoms with van der Waals surface area (Å²) < 4.78 is 0. The molecular formula is C16H10ClNOS. The van der Waals surface area contributed by atoms with Crippen LogP contribution in [0.2, 0.25) is 5.02 Å². The van der Waals surface area contributed by atoms with E-state index >= 15 is 0 Å². The number of H-pyrrole nitrogens is 1. The number of thioether (sulfide) groups is 1. The van der Waals surface area contributed by atoms with Gasteiger partial charge in [0.15, 0.2) is 0 Å². The zero-order valence-electron chi connectivity index (χ0n) is 10.4. The minimum atomic E-state index is -0.00294. The highest BCUT2D eigenvalue weighted by molar-refractivity contribution is 7.98. The predicted octanol–water partition coefficient (Wildman–Crippen LogP) is 4.45. The molecule has 1 aromatic heterocycles. The number of halogens is 1. The monoisotopic (exact) mass is 299 g/mol. The highest BCUT2D eigenvalue weighted by Crippen LogP contribution is 2.43. The van der Waals surface area contributed by atoms with Crippen molar-refractivity contribution in [2.45, 2.75) is 10.6 Å². The normalized spacial score (nSPS) is 13.1. The molecule has 0 saturated carbocycles. The summed E-state index contributed by atoms with van der Waals surface area (Å²) in [5.74, 6) is 0.699. The fourth-order valence-electron chi connectivity index (χ4n) is 2.70. The molecule has 4 heteroatoms. The van der Waals surface area contributed by atoms with E-state index in [0.717, 1.165) is 27.6 Å². The predicted molar refractivity (Wildman–Crippen MR) is 84.6 cm³/mol. The molecule has 0 amide bonds. The molecule has 0 fully saturated rings. The quantitative estimate of drug-likeness (QED) is 0.665. The van der Waals surface area contributed by atoms with Gasteiger partial charge in [-0.3, -0.25) is 4.79 Å². The number of hydrogen-bond acceptors (Lipinski definition) is 2. The van der Waals surface area contributed by atoms with Crippen LogP contribution in [0.4, 0.5) is 0 Å².